The van der Waals surface area contributed by atoms with Crippen LogP contribution in [0.5, 0.6) is 0 Å². The summed E-state index contributed by atoms with van der Waals surface area (Å²) in [6.07, 6.45) is 16.7. The van der Waals surface area contributed by atoms with Crippen LogP contribution >= 0.6 is 11.3 Å². The molecule has 6 unspecified atom stereocenters. The second-order valence-corrected chi connectivity index (χ2v) is 21.2. The molecule has 4 heterocycles. The monoisotopic (exact) mass is 909 g/mol. The predicted molar refractivity (Wildman–Crippen MR) is 244 cm³/mol. The summed E-state index contributed by atoms with van der Waals surface area (Å²) < 4.78 is 37.2. The number of carbonyl (C=O) groups is 2. The molecular weight excluding hydrogens is 857 g/mol. The van der Waals surface area contributed by atoms with Crippen LogP contribution in [0.25, 0.3) is 0 Å². The average Bonchev–Trinajstić information content (AvgIpc) is 4.18. The van der Waals surface area contributed by atoms with Crippen molar-refractivity contribution in [2.75, 3.05) is 10.6 Å². The summed E-state index contributed by atoms with van der Waals surface area (Å²) in [5.74, 6) is 2.32. The van der Waals surface area contributed by atoms with Crippen LogP contribution in [0.3, 0.4) is 0 Å². The Labute approximate surface area is 385 Å². The minimum atomic E-state index is -0.183. The van der Waals surface area contributed by atoms with Crippen molar-refractivity contribution >= 4 is 34.1 Å². The summed E-state index contributed by atoms with van der Waals surface area (Å²) in [5.41, 5.74) is 10.5. The summed E-state index contributed by atoms with van der Waals surface area (Å²) in [5, 5.41) is 33.9. The molecule has 12 rings (SSSR count). The van der Waals surface area contributed by atoms with Crippen LogP contribution in [0.1, 0.15) is 151 Å². The maximum Gasteiger partial charge on any atom is 0.229 e. The Hall–Kier alpha value is -5.83. The minimum absolute atomic E-state index is 0.0908. The summed E-state index contributed by atoms with van der Waals surface area (Å²) >= 11 is 1.29. The van der Waals surface area contributed by atoms with E-state index in [4.69, 9.17) is 14.7 Å². The summed E-state index contributed by atoms with van der Waals surface area (Å²) in [7, 11) is 0. The van der Waals surface area contributed by atoms with E-state index in [1.165, 1.54) is 28.0 Å². The van der Waals surface area contributed by atoms with Crippen LogP contribution in [0.4, 0.5) is 19.7 Å². The second-order valence-electron chi connectivity index (χ2n) is 20.4. The smallest absolute Gasteiger partial charge is 0.229 e. The second kappa shape index (κ2) is 15.9. The highest BCUT2D eigenvalue weighted by Gasteiger charge is 2.59. The Kier molecular flexibility index (Phi) is 10.0. The third kappa shape index (κ3) is 6.57. The molecular formula is C51H53F2N9O3S. The standard InChI is InChI=1S/C51H53F2N9O3S/c1-50-20-18-31-29-10-9-26(46(53)37(29)14-13-35(31)44(50)33(38-23-54-59-47(38)50)6-4-8-42(63)58-49-61-56-25-66-49)21-27-22-41(62-65-27)57-43(64)16-15-36-39-24-55-60-48(39)51(2)19-17-30-28-5-3-7-40(52)32(28)11-12-34(30)45(36)51/h3-7,9-10,22-25,30-31,33-36,44-45H,8,11-21H2,1-2H3,(H,54,59)(H,55,60)(H,57,62,64)(H,58,61,63)/b6-4-/t30?,31?,33-,34?,35?,36-,44?,45?,50+,51+/m1/s1. The first kappa shape index (κ1) is 41.6. The van der Waals surface area contributed by atoms with Gasteiger partial charge >= 0.3 is 0 Å². The fourth-order valence-corrected chi connectivity index (χ4v) is 15.2. The van der Waals surface area contributed by atoms with Gasteiger partial charge in [0.05, 0.1) is 11.4 Å². The maximum atomic E-state index is 16.6. The molecule has 12 nitrogen and oxygen atoms in total. The third-order valence-electron chi connectivity index (χ3n) is 17.3. The molecule has 0 spiro atoms. The number of hydrogen-bond acceptors (Lipinski definition) is 9. The van der Waals surface area contributed by atoms with Crippen LogP contribution in [-0.4, -0.2) is 47.6 Å². The minimum Gasteiger partial charge on any atom is -0.359 e. The highest BCUT2D eigenvalue weighted by atomic mass is 32.1. The molecule has 10 atom stereocenters. The largest absolute Gasteiger partial charge is 0.359 e. The van der Waals surface area contributed by atoms with E-state index in [-0.39, 0.29) is 70.8 Å². The Balaban J connectivity index is 0.709. The van der Waals surface area contributed by atoms with Gasteiger partial charge in [0, 0.05) is 60.0 Å². The van der Waals surface area contributed by atoms with E-state index < -0.39 is 0 Å². The Morgan fingerprint density at radius 2 is 1.59 bits per heavy atom. The number of nitrogens with one attached hydrogen (secondary N) is 4. The fourth-order valence-electron chi connectivity index (χ4n) is 14.7. The molecule has 2 fully saturated rings. The zero-order chi connectivity index (χ0) is 44.9. The van der Waals surface area contributed by atoms with Crippen LogP contribution in [0.15, 0.2) is 71.0 Å². The number of nitrogens with zero attached hydrogens (tertiary/aromatic N) is 5. The van der Waals surface area contributed by atoms with E-state index in [0.717, 1.165) is 73.0 Å². The van der Waals surface area contributed by atoms with Crippen molar-refractivity contribution in [1.29, 1.82) is 0 Å². The van der Waals surface area contributed by atoms with Gasteiger partial charge in [-0.05, 0) is 139 Å². The number of hydrogen-bond donors (Lipinski definition) is 4. The number of amides is 2. The quantitative estimate of drug-likeness (QED) is 0.0986. The molecule has 2 amide bonds. The Morgan fingerprint density at radius 1 is 0.864 bits per heavy atom. The lowest BCUT2D eigenvalue weighted by atomic mass is 9.53. The Bertz CT molecular complexity index is 2890. The van der Waals surface area contributed by atoms with E-state index in [2.05, 4.69) is 68.2 Å². The number of fused-ring (bicyclic) bond motifs is 14. The van der Waals surface area contributed by atoms with E-state index in [0.29, 0.717) is 65.2 Å². The molecule has 6 aromatic rings. The van der Waals surface area contributed by atoms with Crippen molar-refractivity contribution in [3.8, 4) is 0 Å². The molecule has 6 aliphatic carbocycles. The maximum absolute atomic E-state index is 16.6. The number of aromatic amines is 2. The molecule has 0 radical (unpaired) electrons. The topological polar surface area (TPSA) is 167 Å². The molecule has 340 valence electrons. The van der Waals surface area contributed by atoms with Gasteiger partial charge in [-0.1, -0.05) is 66.8 Å². The lowest BCUT2D eigenvalue weighted by molar-refractivity contribution is -0.117. The number of aromatic nitrogens is 7. The molecule has 4 N–H and O–H groups in total. The van der Waals surface area contributed by atoms with E-state index in [1.54, 1.807) is 17.6 Å². The van der Waals surface area contributed by atoms with Crippen molar-refractivity contribution in [3.05, 3.63) is 134 Å². The number of halogens is 2. The van der Waals surface area contributed by atoms with E-state index >= 15 is 4.39 Å². The first-order chi connectivity index (χ1) is 32.1. The fraction of sp³-hybridized carbons (Fsp3) is 0.471. The van der Waals surface area contributed by atoms with Gasteiger partial charge in [0.2, 0.25) is 16.9 Å². The van der Waals surface area contributed by atoms with Crippen molar-refractivity contribution in [1.82, 2.24) is 35.7 Å². The molecule has 6 aliphatic rings. The van der Waals surface area contributed by atoms with Gasteiger partial charge in [-0.3, -0.25) is 19.8 Å². The van der Waals surface area contributed by atoms with Gasteiger partial charge in [-0.2, -0.15) is 10.2 Å². The average molecular weight is 910 g/mol. The summed E-state index contributed by atoms with van der Waals surface area (Å²) in [6.45, 7) is 4.68. The van der Waals surface area contributed by atoms with Crippen molar-refractivity contribution < 1.29 is 22.9 Å². The molecule has 2 saturated carbocycles. The van der Waals surface area contributed by atoms with E-state index in [9.17, 15) is 14.0 Å². The number of anilines is 2. The van der Waals surface area contributed by atoms with Gasteiger partial charge < -0.3 is 15.2 Å². The highest BCUT2D eigenvalue weighted by Crippen LogP contribution is 2.66. The lowest BCUT2D eigenvalue weighted by Crippen LogP contribution is -2.44. The van der Waals surface area contributed by atoms with Crippen molar-refractivity contribution in [2.45, 2.75) is 125 Å². The van der Waals surface area contributed by atoms with Crippen LogP contribution in [-0.2, 0) is 39.7 Å². The van der Waals surface area contributed by atoms with Gasteiger partial charge in [0.1, 0.15) is 22.9 Å². The molecule has 0 aliphatic heterocycles. The normalized spacial score (nSPS) is 30.1. The summed E-state index contributed by atoms with van der Waals surface area (Å²) in [4.78, 5) is 26.3. The number of benzene rings is 2. The lowest BCUT2D eigenvalue weighted by Gasteiger charge is -2.50. The first-order valence-electron chi connectivity index (χ1n) is 23.7. The van der Waals surface area contributed by atoms with Gasteiger partial charge in [-0.15, -0.1) is 10.2 Å². The van der Waals surface area contributed by atoms with Crippen LogP contribution in [0, 0.1) is 35.3 Å². The first-order valence-corrected chi connectivity index (χ1v) is 24.6. The van der Waals surface area contributed by atoms with Crippen LogP contribution < -0.4 is 10.6 Å². The van der Waals surface area contributed by atoms with E-state index in [1.807, 2.05) is 30.6 Å². The SMILES string of the molecule is C[C@]12CCC3c4ccc(Cc5cc(NC(=O)CC[C@@H]6c7c[nH]nc7[C@@]7(C)CCC8c9cccc(F)c9CCC8C67)no5)c(F)c4CCC3C1[C@H](/C=C\CC(=O)Nc1nncs1)c1c[nH]nc12. The zero-order valence-corrected chi connectivity index (χ0v) is 37.9. The highest BCUT2D eigenvalue weighted by molar-refractivity contribution is 7.13. The zero-order valence-electron chi connectivity index (χ0n) is 37.1. The van der Waals surface area contributed by atoms with Gasteiger partial charge in [0.25, 0.3) is 0 Å². The molecule has 2 aromatic carbocycles. The molecule has 15 heteroatoms. The number of allylic oxidation sites excluding steroid dienone is 1. The number of rotatable bonds is 10. The molecule has 66 heavy (non-hydrogen) atoms. The van der Waals surface area contributed by atoms with Gasteiger partial charge in [0.15, 0.2) is 5.82 Å². The van der Waals surface area contributed by atoms with Crippen LogP contribution in [0.2, 0.25) is 0 Å². The molecule has 4 aromatic heterocycles. The molecule has 0 bridgehead atoms. The Morgan fingerprint density at radius 3 is 2.38 bits per heavy atom. The van der Waals surface area contributed by atoms with Gasteiger partial charge in [-0.25, -0.2) is 8.78 Å². The number of carbonyl (C=O) groups excluding carboxylic acids is 2. The number of H-pyrrole nitrogens is 2. The molecule has 0 saturated heterocycles. The predicted octanol–water partition coefficient (Wildman–Crippen LogP) is 10.1. The van der Waals surface area contributed by atoms with Crippen molar-refractivity contribution in [3.63, 3.8) is 0 Å². The third-order valence-corrected chi connectivity index (χ3v) is 17.9. The van der Waals surface area contributed by atoms with Crippen molar-refractivity contribution in [2.24, 2.45) is 23.7 Å². The summed E-state index contributed by atoms with van der Waals surface area (Å²) in [6, 6.07) is 11.3.